The van der Waals surface area contributed by atoms with Gasteiger partial charge in [-0.3, -0.25) is 4.79 Å². The van der Waals surface area contributed by atoms with Crippen molar-refractivity contribution >= 4 is 11.6 Å². The molecule has 1 aromatic carbocycles. The molecule has 1 amide bonds. The van der Waals surface area contributed by atoms with Crippen LogP contribution in [0.4, 0.5) is 5.69 Å². The van der Waals surface area contributed by atoms with Gasteiger partial charge in [0.05, 0.1) is 0 Å². The summed E-state index contributed by atoms with van der Waals surface area (Å²) in [5, 5.41) is 11.1. The van der Waals surface area contributed by atoms with Crippen molar-refractivity contribution in [2.75, 3.05) is 5.32 Å². The van der Waals surface area contributed by atoms with Gasteiger partial charge in [-0.2, -0.15) is 5.26 Å². The predicted octanol–water partition coefficient (Wildman–Crippen LogP) is 2.58. The molecule has 1 aromatic rings. The van der Waals surface area contributed by atoms with Gasteiger partial charge in [-0.25, -0.2) is 0 Å². The fraction of sp³-hybridized carbons (Fsp3) is 0.333. The topological polar surface area (TPSA) is 52.9 Å². The van der Waals surface area contributed by atoms with Crippen molar-refractivity contribution in [3.8, 4) is 6.07 Å². The van der Waals surface area contributed by atoms with E-state index in [2.05, 4.69) is 19.2 Å². The summed E-state index contributed by atoms with van der Waals surface area (Å²) >= 11 is 0. The van der Waals surface area contributed by atoms with Crippen LogP contribution >= 0.6 is 0 Å². The Balaban J connectivity index is 3.14. The van der Waals surface area contributed by atoms with Crippen LogP contribution in [0.1, 0.15) is 30.9 Å². The van der Waals surface area contributed by atoms with Crippen LogP contribution < -0.4 is 5.32 Å². The van der Waals surface area contributed by atoms with E-state index in [1.54, 1.807) is 6.07 Å². The molecule has 0 bridgehead atoms. The van der Waals surface area contributed by atoms with E-state index in [4.69, 9.17) is 5.26 Å². The van der Waals surface area contributed by atoms with Crippen LogP contribution in [0.25, 0.3) is 0 Å². The highest BCUT2D eigenvalue weighted by Gasteiger charge is 2.10. The lowest BCUT2D eigenvalue weighted by atomic mass is 9.98. The predicted molar refractivity (Wildman–Crippen MR) is 59.5 cm³/mol. The largest absolute Gasteiger partial charge is 0.326 e. The molecule has 1 rings (SSSR count). The monoisotopic (exact) mass is 202 g/mol. The Bertz CT molecular complexity index is 416. The van der Waals surface area contributed by atoms with Crippen LogP contribution in [0, 0.1) is 18.3 Å². The Hall–Kier alpha value is -1.82. The minimum absolute atomic E-state index is 0.318. The maximum atomic E-state index is 11.0. The van der Waals surface area contributed by atoms with Crippen LogP contribution in [0.5, 0.6) is 0 Å². The first-order valence-electron chi connectivity index (χ1n) is 4.87. The summed E-state index contributed by atoms with van der Waals surface area (Å²) in [5.74, 6) is -0.301. The Morgan fingerprint density at radius 2 is 2.13 bits per heavy atom. The van der Waals surface area contributed by atoms with E-state index < -0.39 is 5.91 Å². The van der Waals surface area contributed by atoms with Crippen LogP contribution in [-0.2, 0) is 4.79 Å². The van der Waals surface area contributed by atoms with E-state index in [9.17, 15) is 4.79 Å². The molecule has 0 aliphatic heterocycles. The number of aryl methyl sites for hydroxylation is 1. The van der Waals surface area contributed by atoms with Gasteiger partial charge in [-0.05, 0) is 24.0 Å². The fourth-order valence-corrected chi connectivity index (χ4v) is 1.48. The molecular weight excluding hydrogens is 188 g/mol. The third kappa shape index (κ3) is 2.57. The number of para-hydroxylation sites is 1. The Morgan fingerprint density at radius 1 is 1.47 bits per heavy atom. The van der Waals surface area contributed by atoms with Crippen molar-refractivity contribution in [2.24, 2.45) is 0 Å². The van der Waals surface area contributed by atoms with E-state index in [0.29, 0.717) is 5.92 Å². The SMILES string of the molecule is Cc1cccc(C(C)C)c1NC(=O)C#N. The lowest BCUT2D eigenvalue weighted by Gasteiger charge is -2.14. The first-order chi connectivity index (χ1) is 7.06. The number of nitrogens with one attached hydrogen (secondary N) is 1. The number of amides is 1. The van der Waals surface area contributed by atoms with Crippen molar-refractivity contribution in [3.05, 3.63) is 29.3 Å². The van der Waals surface area contributed by atoms with Crippen LogP contribution in [-0.4, -0.2) is 5.91 Å². The zero-order valence-electron chi connectivity index (χ0n) is 9.16. The number of anilines is 1. The maximum Gasteiger partial charge on any atom is 0.326 e. The van der Waals surface area contributed by atoms with Gasteiger partial charge >= 0.3 is 5.91 Å². The van der Waals surface area contributed by atoms with E-state index in [0.717, 1.165) is 16.8 Å². The molecular formula is C12H14N2O. The minimum atomic E-state index is -0.619. The third-order valence-electron chi connectivity index (χ3n) is 2.27. The van der Waals surface area contributed by atoms with Gasteiger partial charge < -0.3 is 5.32 Å². The smallest absolute Gasteiger partial charge is 0.313 e. The number of carbonyl (C=O) groups excluding carboxylic acids is 1. The van der Waals surface area contributed by atoms with Gasteiger partial charge in [-0.15, -0.1) is 0 Å². The van der Waals surface area contributed by atoms with Crippen molar-refractivity contribution in [1.82, 2.24) is 0 Å². The molecule has 78 valence electrons. The molecule has 0 fully saturated rings. The lowest BCUT2D eigenvalue weighted by molar-refractivity contribution is -0.111. The average molecular weight is 202 g/mol. The van der Waals surface area contributed by atoms with Crippen LogP contribution in [0.2, 0.25) is 0 Å². The van der Waals surface area contributed by atoms with Crippen molar-refractivity contribution in [2.45, 2.75) is 26.7 Å². The summed E-state index contributed by atoms with van der Waals surface area (Å²) in [5.41, 5.74) is 2.79. The van der Waals surface area contributed by atoms with Gasteiger partial charge in [0.2, 0.25) is 0 Å². The second-order valence-corrected chi connectivity index (χ2v) is 3.76. The summed E-state index contributed by atoms with van der Waals surface area (Å²) in [6.45, 7) is 6.02. The molecule has 0 aromatic heterocycles. The minimum Gasteiger partial charge on any atom is -0.313 e. The molecule has 3 nitrogen and oxygen atoms in total. The maximum absolute atomic E-state index is 11.0. The number of benzene rings is 1. The highest BCUT2D eigenvalue weighted by molar-refractivity contribution is 6.03. The molecule has 0 saturated heterocycles. The molecule has 0 heterocycles. The zero-order chi connectivity index (χ0) is 11.4. The highest BCUT2D eigenvalue weighted by atomic mass is 16.1. The van der Waals surface area contributed by atoms with E-state index in [1.807, 2.05) is 25.1 Å². The normalized spacial score (nSPS) is 9.80. The first kappa shape index (κ1) is 11.3. The molecule has 0 atom stereocenters. The molecule has 0 spiro atoms. The Kier molecular flexibility index (Phi) is 3.46. The van der Waals surface area contributed by atoms with Crippen molar-refractivity contribution < 1.29 is 4.79 Å². The zero-order valence-corrected chi connectivity index (χ0v) is 9.16. The van der Waals surface area contributed by atoms with Gasteiger partial charge in [0, 0.05) is 5.69 Å². The highest BCUT2D eigenvalue weighted by Crippen LogP contribution is 2.27. The summed E-state index contributed by atoms with van der Waals surface area (Å²) in [4.78, 5) is 11.0. The molecule has 0 aliphatic carbocycles. The third-order valence-corrected chi connectivity index (χ3v) is 2.27. The molecule has 0 aliphatic rings. The number of carbonyl (C=O) groups is 1. The van der Waals surface area contributed by atoms with E-state index in [1.165, 1.54) is 0 Å². The Labute approximate surface area is 89.7 Å². The second-order valence-electron chi connectivity index (χ2n) is 3.76. The van der Waals surface area contributed by atoms with E-state index >= 15 is 0 Å². The first-order valence-corrected chi connectivity index (χ1v) is 4.87. The fourth-order valence-electron chi connectivity index (χ4n) is 1.48. The van der Waals surface area contributed by atoms with Crippen LogP contribution in [0.3, 0.4) is 0 Å². The number of hydrogen-bond acceptors (Lipinski definition) is 2. The average Bonchev–Trinajstić information content (AvgIpc) is 2.20. The number of rotatable bonds is 2. The van der Waals surface area contributed by atoms with Gasteiger partial charge in [0.25, 0.3) is 0 Å². The van der Waals surface area contributed by atoms with Crippen molar-refractivity contribution in [3.63, 3.8) is 0 Å². The quantitative estimate of drug-likeness (QED) is 0.749. The van der Waals surface area contributed by atoms with Crippen LogP contribution in [0.15, 0.2) is 18.2 Å². The Morgan fingerprint density at radius 3 is 2.67 bits per heavy atom. The number of nitriles is 1. The summed E-state index contributed by atoms with van der Waals surface area (Å²) in [6, 6.07) is 7.39. The van der Waals surface area contributed by atoms with Gasteiger partial charge in [0.15, 0.2) is 6.07 Å². The second kappa shape index (κ2) is 4.61. The standard InChI is InChI=1S/C12H14N2O/c1-8(2)10-6-4-5-9(3)12(10)14-11(15)7-13/h4-6,8H,1-3H3,(H,14,15). The lowest BCUT2D eigenvalue weighted by Crippen LogP contribution is -2.11. The summed E-state index contributed by atoms with van der Waals surface area (Å²) in [7, 11) is 0. The van der Waals surface area contributed by atoms with E-state index in [-0.39, 0.29) is 0 Å². The molecule has 0 radical (unpaired) electrons. The number of hydrogen-bond donors (Lipinski definition) is 1. The molecule has 0 unspecified atom stereocenters. The van der Waals surface area contributed by atoms with Gasteiger partial charge in [-0.1, -0.05) is 32.0 Å². The molecule has 0 saturated carbocycles. The van der Waals surface area contributed by atoms with Gasteiger partial charge in [0.1, 0.15) is 0 Å². The molecule has 1 N–H and O–H groups in total. The number of nitrogens with zero attached hydrogens (tertiary/aromatic N) is 1. The summed E-state index contributed by atoms with van der Waals surface area (Å²) in [6.07, 6.45) is 0. The van der Waals surface area contributed by atoms with Crippen molar-refractivity contribution in [1.29, 1.82) is 5.26 Å². The molecule has 3 heteroatoms. The summed E-state index contributed by atoms with van der Waals surface area (Å²) < 4.78 is 0. The molecule has 15 heavy (non-hydrogen) atoms.